The first kappa shape index (κ1) is 16.4. The Bertz CT molecular complexity index is 941. The molecule has 0 unspecified atom stereocenters. The number of carbonyl (C=O) groups excluding carboxylic acids is 2. The molecule has 0 radical (unpaired) electrons. The van der Waals surface area contributed by atoms with Gasteiger partial charge in [-0.1, -0.05) is 24.3 Å². The Hall–Kier alpha value is -3.47. The first-order valence-corrected chi connectivity index (χ1v) is 7.82. The fraction of sp³-hybridized carbons (Fsp3) is 0.0500. The van der Waals surface area contributed by atoms with E-state index >= 15 is 0 Å². The summed E-state index contributed by atoms with van der Waals surface area (Å²) in [5.74, 6) is -0.372. The average molecular weight is 331 g/mol. The standard InChI is InChI=1S/C20H17N3O2/c1-14(24)22-17-8-10-18(11-9-17)23-19(25)12-7-16-5-2-4-15-6-3-13-21-20(15)16/h2-13H,1H3,(H,22,24)(H,23,25)/b12-7+. The summed E-state index contributed by atoms with van der Waals surface area (Å²) in [6.07, 6.45) is 4.96. The summed E-state index contributed by atoms with van der Waals surface area (Å²) in [5.41, 5.74) is 3.07. The van der Waals surface area contributed by atoms with E-state index in [4.69, 9.17) is 0 Å². The molecule has 1 heterocycles. The number of fused-ring (bicyclic) bond motifs is 1. The third-order valence-corrected chi connectivity index (χ3v) is 3.55. The number of hydrogen-bond acceptors (Lipinski definition) is 3. The maximum Gasteiger partial charge on any atom is 0.248 e. The highest BCUT2D eigenvalue weighted by atomic mass is 16.2. The second kappa shape index (κ2) is 7.40. The average Bonchev–Trinajstić information content (AvgIpc) is 2.61. The fourth-order valence-electron chi connectivity index (χ4n) is 2.45. The Morgan fingerprint density at radius 3 is 2.32 bits per heavy atom. The van der Waals surface area contributed by atoms with E-state index in [0.717, 1.165) is 16.5 Å². The van der Waals surface area contributed by atoms with Gasteiger partial charge in [0.2, 0.25) is 11.8 Å². The maximum atomic E-state index is 12.1. The summed E-state index contributed by atoms with van der Waals surface area (Å²) >= 11 is 0. The molecule has 0 atom stereocenters. The van der Waals surface area contributed by atoms with Gasteiger partial charge in [0.25, 0.3) is 0 Å². The molecule has 0 saturated heterocycles. The second-order valence-electron chi connectivity index (χ2n) is 5.50. The summed E-state index contributed by atoms with van der Waals surface area (Å²) in [6, 6.07) is 16.6. The zero-order valence-corrected chi connectivity index (χ0v) is 13.7. The summed E-state index contributed by atoms with van der Waals surface area (Å²) in [4.78, 5) is 27.4. The van der Waals surface area contributed by atoms with Gasteiger partial charge in [0.05, 0.1) is 5.52 Å². The smallest absolute Gasteiger partial charge is 0.248 e. The van der Waals surface area contributed by atoms with Crippen LogP contribution >= 0.6 is 0 Å². The molecule has 2 amide bonds. The largest absolute Gasteiger partial charge is 0.326 e. The van der Waals surface area contributed by atoms with Gasteiger partial charge in [-0.05, 0) is 36.4 Å². The fourth-order valence-corrected chi connectivity index (χ4v) is 2.45. The minimum Gasteiger partial charge on any atom is -0.326 e. The van der Waals surface area contributed by atoms with Crippen molar-refractivity contribution in [3.8, 4) is 0 Å². The summed E-state index contributed by atoms with van der Waals surface area (Å²) in [6.45, 7) is 1.45. The van der Waals surface area contributed by atoms with Crippen LogP contribution in [0.1, 0.15) is 12.5 Å². The number of anilines is 2. The third kappa shape index (κ3) is 4.29. The minimum atomic E-state index is -0.236. The molecule has 1 aromatic heterocycles. The topological polar surface area (TPSA) is 71.1 Å². The lowest BCUT2D eigenvalue weighted by molar-refractivity contribution is -0.114. The number of nitrogens with zero attached hydrogens (tertiary/aromatic N) is 1. The molecule has 0 saturated carbocycles. The number of rotatable bonds is 4. The predicted molar refractivity (Wildman–Crippen MR) is 100 cm³/mol. The number of hydrogen-bond donors (Lipinski definition) is 2. The first-order valence-electron chi connectivity index (χ1n) is 7.82. The number of amides is 2. The van der Waals surface area contributed by atoms with Crippen LogP contribution in [0.4, 0.5) is 11.4 Å². The van der Waals surface area contributed by atoms with Crippen LogP contribution in [0.5, 0.6) is 0 Å². The predicted octanol–water partition coefficient (Wildman–Crippen LogP) is 3.85. The normalized spacial score (nSPS) is 10.8. The monoisotopic (exact) mass is 331 g/mol. The van der Waals surface area contributed by atoms with Gasteiger partial charge in [-0.25, -0.2) is 0 Å². The van der Waals surface area contributed by atoms with E-state index in [1.807, 2.05) is 30.3 Å². The first-order chi connectivity index (χ1) is 12.1. The van der Waals surface area contributed by atoms with Crippen LogP contribution in [-0.2, 0) is 9.59 Å². The number of aromatic nitrogens is 1. The van der Waals surface area contributed by atoms with Crippen molar-refractivity contribution in [1.29, 1.82) is 0 Å². The zero-order valence-electron chi connectivity index (χ0n) is 13.7. The minimum absolute atomic E-state index is 0.136. The number of nitrogens with one attached hydrogen (secondary N) is 2. The summed E-state index contributed by atoms with van der Waals surface area (Å²) in [7, 11) is 0. The van der Waals surface area contributed by atoms with Crippen LogP contribution in [0, 0.1) is 0 Å². The highest BCUT2D eigenvalue weighted by Crippen LogP contribution is 2.17. The molecule has 0 spiro atoms. The quantitative estimate of drug-likeness (QED) is 0.714. The van der Waals surface area contributed by atoms with E-state index in [1.165, 1.54) is 13.0 Å². The Labute approximate surface area is 145 Å². The Balaban J connectivity index is 1.69. The lowest BCUT2D eigenvalue weighted by atomic mass is 10.1. The van der Waals surface area contributed by atoms with Gasteiger partial charge in [0.1, 0.15) is 0 Å². The molecule has 0 aliphatic carbocycles. The third-order valence-electron chi connectivity index (χ3n) is 3.55. The van der Waals surface area contributed by atoms with Gasteiger partial charge in [-0.2, -0.15) is 0 Å². The lowest BCUT2D eigenvalue weighted by Gasteiger charge is -2.05. The van der Waals surface area contributed by atoms with E-state index in [2.05, 4.69) is 15.6 Å². The highest BCUT2D eigenvalue weighted by molar-refractivity contribution is 6.03. The highest BCUT2D eigenvalue weighted by Gasteiger charge is 2.01. The number of pyridine rings is 1. The van der Waals surface area contributed by atoms with E-state index < -0.39 is 0 Å². The summed E-state index contributed by atoms with van der Waals surface area (Å²) < 4.78 is 0. The van der Waals surface area contributed by atoms with Crippen LogP contribution in [-0.4, -0.2) is 16.8 Å². The molecule has 0 bridgehead atoms. The molecule has 0 aliphatic rings. The van der Waals surface area contributed by atoms with Gasteiger partial charge < -0.3 is 10.6 Å². The van der Waals surface area contributed by atoms with Crippen molar-refractivity contribution in [2.24, 2.45) is 0 Å². The van der Waals surface area contributed by atoms with Crippen molar-refractivity contribution in [2.45, 2.75) is 6.92 Å². The number of benzene rings is 2. The lowest BCUT2D eigenvalue weighted by Crippen LogP contribution is -2.08. The molecule has 5 heteroatoms. The second-order valence-corrected chi connectivity index (χ2v) is 5.50. The molecule has 5 nitrogen and oxygen atoms in total. The maximum absolute atomic E-state index is 12.1. The van der Waals surface area contributed by atoms with Crippen molar-refractivity contribution in [2.75, 3.05) is 10.6 Å². The SMILES string of the molecule is CC(=O)Nc1ccc(NC(=O)/C=C/c2cccc3cccnc23)cc1. The van der Waals surface area contributed by atoms with Crippen molar-refractivity contribution in [1.82, 2.24) is 4.98 Å². The van der Waals surface area contributed by atoms with Crippen LogP contribution in [0.2, 0.25) is 0 Å². The molecule has 0 aliphatic heterocycles. The zero-order chi connectivity index (χ0) is 17.6. The molecule has 2 aromatic carbocycles. The summed E-state index contributed by atoms with van der Waals surface area (Å²) in [5, 5.41) is 6.48. The Morgan fingerprint density at radius 1 is 0.920 bits per heavy atom. The van der Waals surface area contributed by atoms with Gasteiger partial charge in [0.15, 0.2) is 0 Å². The van der Waals surface area contributed by atoms with Crippen LogP contribution in [0.25, 0.3) is 17.0 Å². The molecular weight excluding hydrogens is 314 g/mol. The van der Waals surface area contributed by atoms with Crippen LogP contribution in [0.3, 0.4) is 0 Å². The van der Waals surface area contributed by atoms with Crippen molar-refractivity contribution >= 4 is 40.2 Å². The van der Waals surface area contributed by atoms with E-state index in [1.54, 1.807) is 36.5 Å². The van der Waals surface area contributed by atoms with Crippen molar-refractivity contribution in [3.05, 3.63) is 72.4 Å². The molecule has 25 heavy (non-hydrogen) atoms. The van der Waals surface area contributed by atoms with E-state index in [0.29, 0.717) is 11.4 Å². The molecule has 3 rings (SSSR count). The Morgan fingerprint density at radius 2 is 1.60 bits per heavy atom. The van der Waals surface area contributed by atoms with Gasteiger partial charge in [-0.3, -0.25) is 14.6 Å². The van der Waals surface area contributed by atoms with Crippen LogP contribution in [0.15, 0.2) is 66.9 Å². The number of carbonyl (C=O) groups is 2. The molecule has 124 valence electrons. The molecule has 0 fully saturated rings. The van der Waals surface area contributed by atoms with Gasteiger partial charge in [-0.15, -0.1) is 0 Å². The van der Waals surface area contributed by atoms with Gasteiger partial charge in [0, 0.05) is 41.5 Å². The number of para-hydroxylation sites is 1. The Kier molecular flexibility index (Phi) is 4.85. The van der Waals surface area contributed by atoms with E-state index in [9.17, 15) is 9.59 Å². The molecule has 3 aromatic rings. The molecular formula is C20H17N3O2. The molecule has 2 N–H and O–H groups in total. The van der Waals surface area contributed by atoms with Crippen LogP contribution < -0.4 is 10.6 Å². The van der Waals surface area contributed by atoms with Crippen molar-refractivity contribution < 1.29 is 9.59 Å². The van der Waals surface area contributed by atoms with Gasteiger partial charge >= 0.3 is 0 Å². The van der Waals surface area contributed by atoms with Crippen molar-refractivity contribution in [3.63, 3.8) is 0 Å². The van der Waals surface area contributed by atoms with E-state index in [-0.39, 0.29) is 11.8 Å².